The third-order valence-corrected chi connectivity index (χ3v) is 6.11. The van der Waals surface area contributed by atoms with Crippen LogP contribution in [-0.2, 0) is 0 Å². The Morgan fingerprint density at radius 2 is 1.81 bits per heavy atom. The Hall–Kier alpha value is -3.99. The van der Waals surface area contributed by atoms with Crippen molar-refractivity contribution in [1.29, 1.82) is 5.26 Å². The van der Waals surface area contributed by atoms with Crippen LogP contribution in [-0.4, -0.2) is 30.5 Å². The number of nitriles is 1. The maximum atomic E-state index is 10.1. The average Bonchev–Trinajstić information content (AvgIpc) is 3.55. The van der Waals surface area contributed by atoms with Gasteiger partial charge in [-0.1, -0.05) is 0 Å². The highest BCUT2D eigenvalue weighted by atomic mass is 16.5. The summed E-state index contributed by atoms with van der Waals surface area (Å²) in [7, 11) is 0. The molecule has 2 aliphatic carbocycles. The fourth-order valence-electron chi connectivity index (χ4n) is 4.15. The van der Waals surface area contributed by atoms with Gasteiger partial charge in [0.05, 0.1) is 16.8 Å². The number of aromatic nitrogens is 5. The van der Waals surface area contributed by atoms with E-state index in [0.29, 0.717) is 35.4 Å². The number of hydrogen-bond acceptors (Lipinski definition) is 7. The van der Waals surface area contributed by atoms with Crippen molar-refractivity contribution >= 4 is 16.9 Å². The fraction of sp³-hybridized carbons (Fsp3) is 0.292. The van der Waals surface area contributed by atoms with E-state index in [0.717, 1.165) is 47.8 Å². The first kappa shape index (κ1) is 18.8. The maximum Gasteiger partial charge on any atom is 0.321 e. The van der Waals surface area contributed by atoms with Gasteiger partial charge < -0.3 is 14.6 Å². The Bertz CT molecular complexity index is 1320. The molecule has 0 bridgehead atoms. The third-order valence-electron chi connectivity index (χ3n) is 6.11. The van der Waals surface area contributed by atoms with E-state index in [1.165, 1.54) is 6.42 Å². The molecule has 8 heteroatoms. The van der Waals surface area contributed by atoms with Crippen LogP contribution in [0.25, 0.3) is 22.2 Å². The zero-order valence-corrected chi connectivity index (χ0v) is 17.4. The van der Waals surface area contributed by atoms with E-state index in [1.807, 2.05) is 30.6 Å². The van der Waals surface area contributed by atoms with Gasteiger partial charge in [-0.15, -0.1) is 0 Å². The van der Waals surface area contributed by atoms with Gasteiger partial charge in [-0.05, 0) is 50.3 Å². The molecular formula is C24H21N7O. The largest absolute Gasteiger partial charge is 0.424 e. The molecule has 6 rings (SSSR count). The fourth-order valence-corrected chi connectivity index (χ4v) is 4.15. The molecule has 0 amide bonds. The van der Waals surface area contributed by atoms with Crippen LogP contribution >= 0.6 is 0 Å². The molecule has 4 aromatic rings. The van der Waals surface area contributed by atoms with Crippen molar-refractivity contribution in [2.45, 2.75) is 44.2 Å². The Balaban J connectivity index is 1.46. The number of ether oxygens (including phenoxy) is 1. The quantitative estimate of drug-likeness (QED) is 0.473. The minimum atomic E-state index is 0.293. The van der Waals surface area contributed by atoms with Gasteiger partial charge in [-0.3, -0.25) is 0 Å². The number of anilines is 1. The molecule has 0 unspecified atom stereocenters. The van der Waals surface area contributed by atoms with Crippen molar-refractivity contribution in [2.75, 3.05) is 5.32 Å². The molecule has 1 N–H and O–H groups in total. The Morgan fingerprint density at radius 1 is 1.03 bits per heavy atom. The van der Waals surface area contributed by atoms with Crippen molar-refractivity contribution in [3.05, 3.63) is 54.6 Å². The first-order valence-corrected chi connectivity index (χ1v) is 10.9. The molecule has 8 nitrogen and oxygen atoms in total. The van der Waals surface area contributed by atoms with Gasteiger partial charge in [0.1, 0.15) is 11.8 Å². The monoisotopic (exact) mass is 423 g/mol. The lowest BCUT2D eigenvalue weighted by Crippen LogP contribution is -2.18. The van der Waals surface area contributed by atoms with Crippen LogP contribution < -0.4 is 10.1 Å². The van der Waals surface area contributed by atoms with Crippen molar-refractivity contribution in [3.8, 4) is 29.1 Å². The van der Waals surface area contributed by atoms with Crippen molar-refractivity contribution in [3.63, 3.8) is 0 Å². The number of nitrogens with zero attached hydrogens (tertiary/aromatic N) is 6. The highest BCUT2D eigenvalue weighted by molar-refractivity contribution is 5.95. The second-order valence-corrected chi connectivity index (χ2v) is 8.32. The van der Waals surface area contributed by atoms with Crippen LogP contribution in [0.15, 0.2) is 49.1 Å². The van der Waals surface area contributed by atoms with Crippen LogP contribution in [0.5, 0.6) is 11.8 Å². The van der Waals surface area contributed by atoms with E-state index in [1.54, 1.807) is 18.5 Å². The van der Waals surface area contributed by atoms with E-state index in [-0.39, 0.29) is 0 Å². The molecular weight excluding hydrogens is 402 g/mol. The van der Waals surface area contributed by atoms with E-state index in [4.69, 9.17) is 4.74 Å². The summed E-state index contributed by atoms with van der Waals surface area (Å²) in [6.45, 7) is 0. The Morgan fingerprint density at radius 3 is 2.47 bits per heavy atom. The molecule has 32 heavy (non-hydrogen) atoms. The lowest BCUT2D eigenvalue weighted by atomic mass is 9.92. The molecule has 2 aliphatic rings. The number of fused-ring (bicyclic) bond motifs is 1. The van der Waals surface area contributed by atoms with Gasteiger partial charge in [-0.2, -0.15) is 5.26 Å². The molecule has 0 atom stereocenters. The minimum Gasteiger partial charge on any atom is -0.424 e. The summed E-state index contributed by atoms with van der Waals surface area (Å²) < 4.78 is 8.14. The molecule has 1 aromatic carbocycles. The molecule has 2 saturated carbocycles. The van der Waals surface area contributed by atoms with Crippen molar-refractivity contribution in [2.24, 2.45) is 0 Å². The molecule has 0 spiro atoms. The van der Waals surface area contributed by atoms with Gasteiger partial charge in [-0.25, -0.2) is 19.9 Å². The van der Waals surface area contributed by atoms with Crippen LogP contribution in [0, 0.1) is 11.3 Å². The summed E-state index contributed by atoms with van der Waals surface area (Å²) in [6, 6.07) is 11.1. The summed E-state index contributed by atoms with van der Waals surface area (Å²) in [6.07, 6.45) is 12.6. The van der Waals surface area contributed by atoms with Crippen LogP contribution in [0.1, 0.15) is 43.7 Å². The summed E-state index contributed by atoms with van der Waals surface area (Å²) in [5.74, 6) is 1.28. The summed E-state index contributed by atoms with van der Waals surface area (Å²) >= 11 is 0. The number of hydrogen-bond donors (Lipinski definition) is 1. The summed E-state index contributed by atoms with van der Waals surface area (Å²) in [5.41, 5.74) is 3.33. The van der Waals surface area contributed by atoms with E-state index in [2.05, 4.69) is 35.9 Å². The lowest BCUT2D eigenvalue weighted by molar-refractivity contribution is 0.324. The standard InChI is InChI=1S/C24H21N7O/c25-12-20-19-8-7-18(32-24-26-9-2-10-27-24)11-21(19)31(17-3-1-4-17)22(20)15-13-28-23(29-14-15)30-16-5-6-16/h2,7-11,13-14,16-17H,1,3-6H2,(H,28,29,30). The van der Waals surface area contributed by atoms with Crippen LogP contribution in [0.3, 0.4) is 0 Å². The predicted octanol–water partition coefficient (Wildman–Crippen LogP) is 4.85. The van der Waals surface area contributed by atoms with Crippen molar-refractivity contribution in [1.82, 2.24) is 24.5 Å². The van der Waals surface area contributed by atoms with E-state index >= 15 is 0 Å². The topological polar surface area (TPSA) is 102 Å². The molecule has 0 aliphatic heterocycles. The highest BCUT2D eigenvalue weighted by Crippen LogP contribution is 2.43. The lowest BCUT2D eigenvalue weighted by Gasteiger charge is -2.30. The number of rotatable bonds is 6. The molecule has 2 fully saturated rings. The molecule has 158 valence electrons. The highest BCUT2D eigenvalue weighted by Gasteiger charge is 2.28. The average molecular weight is 423 g/mol. The summed E-state index contributed by atoms with van der Waals surface area (Å²) in [5, 5.41) is 14.3. The molecule has 3 heterocycles. The molecule has 0 saturated heterocycles. The van der Waals surface area contributed by atoms with Crippen molar-refractivity contribution < 1.29 is 4.74 Å². The summed E-state index contributed by atoms with van der Waals surface area (Å²) in [4.78, 5) is 17.3. The van der Waals surface area contributed by atoms with E-state index < -0.39 is 0 Å². The first-order valence-electron chi connectivity index (χ1n) is 10.9. The van der Waals surface area contributed by atoms with Gasteiger partial charge in [0, 0.05) is 53.9 Å². The second kappa shape index (κ2) is 7.61. The minimum absolute atomic E-state index is 0.293. The second-order valence-electron chi connectivity index (χ2n) is 8.32. The zero-order valence-electron chi connectivity index (χ0n) is 17.4. The van der Waals surface area contributed by atoms with E-state index in [9.17, 15) is 5.26 Å². The van der Waals surface area contributed by atoms with Gasteiger partial charge in [0.2, 0.25) is 5.95 Å². The third kappa shape index (κ3) is 3.32. The van der Waals surface area contributed by atoms with Gasteiger partial charge in [0.25, 0.3) is 0 Å². The number of nitrogens with one attached hydrogen (secondary N) is 1. The zero-order chi connectivity index (χ0) is 21.5. The Kier molecular flexibility index (Phi) is 4.46. The van der Waals surface area contributed by atoms with Crippen LogP contribution in [0.2, 0.25) is 0 Å². The number of benzene rings is 1. The molecule has 0 radical (unpaired) electrons. The SMILES string of the molecule is N#Cc1c(-c2cnc(NC3CC3)nc2)n(C2CCC2)c2cc(Oc3ncccn3)ccc12. The normalized spacial score (nSPS) is 15.8. The van der Waals surface area contributed by atoms with Gasteiger partial charge in [0.15, 0.2) is 0 Å². The first-order chi connectivity index (χ1) is 15.8. The van der Waals surface area contributed by atoms with Gasteiger partial charge >= 0.3 is 6.01 Å². The Labute approximate surface area is 184 Å². The molecule has 3 aromatic heterocycles. The predicted molar refractivity (Wildman–Crippen MR) is 119 cm³/mol. The smallest absolute Gasteiger partial charge is 0.321 e. The van der Waals surface area contributed by atoms with Crippen LogP contribution in [0.4, 0.5) is 5.95 Å². The maximum absolute atomic E-state index is 10.1.